The van der Waals surface area contributed by atoms with Gasteiger partial charge in [0, 0.05) is 6.07 Å². The molecule has 2 aromatic carbocycles. The number of esters is 1. The topological polar surface area (TPSA) is 123 Å². The lowest BCUT2D eigenvalue weighted by Crippen LogP contribution is -2.29. The molecule has 0 saturated carbocycles. The SMILES string of the molecule is CCOC(=O)C1=C(c2ccccc2)NC(SCC(=O)Nc2cc(OC)ccc2OC)=C(C#N)[C@H]1c1ccco1. The molecule has 4 rings (SSSR count). The van der Waals surface area contributed by atoms with Crippen molar-refractivity contribution in [1.82, 2.24) is 5.32 Å². The van der Waals surface area contributed by atoms with Crippen molar-refractivity contribution in [2.75, 3.05) is 31.9 Å². The van der Waals surface area contributed by atoms with Crippen LogP contribution in [-0.2, 0) is 14.3 Å². The highest BCUT2D eigenvalue weighted by Crippen LogP contribution is 2.43. The van der Waals surface area contributed by atoms with Gasteiger partial charge in [0.15, 0.2) is 0 Å². The summed E-state index contributed by atoms with van der Waals surface area (Å²) in [6.07, 6.45) is 1.49. The third-order valence-electron chi connectivity index (χ3n) is 5.86. The maximum Gasteiger partial charge on any atom is 0.337 e. The molecule has 1 amide bonds. The second kappa shape index (κ2) is 12.8. The third-order valence-corrected chi connectivity index (χ3v) is 6.88. The van der Waals surface area contributed by atoms with Crippen LogP contribution in [0.5, 0.6) is 11.5 Å². The van der Waals surface area contributed by atoms with E-state index in [1.165, 1.54) is 20.5 Å². The average molecular weight is 546 g/mol. The van der Waals surface area contributed by atoms with E-state index in [0.717, 1.165) is 17.3 Å². The van der Waals surface area contributed by atoms with Gasteiger partial charge >= 0.3 is 5.97 Å². The van der Waals surface area contributed by atoms with Crippen LogP contribution in [-0.4, -0.2) is 38.5 Å². The van der Waals surface area contributed by atoms with Crippen LogP contribution in [0.25, 0.3) is 5.70 Å². The number of hydrogen-bond donors (Lipinski definition) is 2. The molecule has 3 aromatic rings. The van der Waals surface area contributed by atoms with Gasteiger partial charge in [-0.2, -0.15) is 5.26 Å². The Bertz CT molecular complexity index is 1440. The lowest BCUT2D eigenvalue weighted by molar-refractivity contribution is -0.138. The van der Waals surface area contributed by atoms with Crippen molar-refractivity contribution < 1.29 is 28.2 Å². The molecule has 0 aliphatic carbocycles. The van der Waals surface area contributed by atoms with E-state index >= 15 is 0 Å². The molecule has 10 heteroatoms. The van der Waals surface area contributed by atoms with Crippen LogP contribution >= 0.6 is 11.8 Å². The number of carbonyl (C=O) groups is 2. The molecule has 9 nitrogen and oxygen atoms in total. The van der Waals surface area contributed by atoms with Crippen LogP contribution in [0, 0.1) is 11.3 Å². The van der Waals surface area contributed by atoms with E-state index in [1.54, 1.807) is 37.3 Å². The summed E-state index contributed by atoms with van der Waals surface area (Å²) < 4.78 is 21.7. The number of amides is 1. The van der Waals surface area contributed by atoms with Crippen molar-refractivity contribution in [2.24, 2.45) is 0 Å². The largest absolute Gasteiger partial charge is 0.497 e. The number of dihydropyridines is 1. The maximum atomic E-state index is 13.3. The van der Waals surface area contributed by atoms with Crippen molar-refractivity contribution in [3.8, 4) is 17.6 Å². The highest BCUT2D eigenvalue weighted by molar-refractivity contribution is 8.03. The van der Waals surface area contributed by atoms with E-state index in [-0.39, 0.29) is 29.4 Å². The number of ether oxygens (including phenoxy) is 3. The number of hydrogen-bond acceptors (Lipinski definition) is 9. The summed E-state index contributed by atoms with van der Waals surface area (Å²) in [5.74, 6) is -0.298. The van der Waals surface area contributed by atoms with E-state index in [0.29, 0.717) is 33.7 Å². The smallest absolute Gasteiger partial charge is 0.337 e. The van der Waals surface area contributed by atoms with Crippen LogP contribution in [0.4, 0.5) is 5.69 Å². The maximum absolute atomic E-state index is 13.3. The summed E-state index contributed by atoms with van der Waals surface area (Å²) in [5.41, 5.74) is 2.15. The molecule has 0 spiro atoms. The summed E-state index contributed by atoms with van der Waals surface area (Å²) >= 11 is 1.14. The Hall–Kier alpha value is -4.62. The first-order valence-corrected chi connectivity index (χ1v) is 13.0. The van der Waals surface area contributed by atoms with Crippen LogP contribution in [0.2, 0.25) is 0 Å². The number of benzene rings is 2. The van der Waals surface area contributed by atoms with Crippen LogP contribution < -0.4 is 20.1 Å². The number of nitriles is 1. The van der Waals surface area contributed by atoms with E-state index < -0.39 is 11.9 Å². The second-order valence-corrected chi connectivity index (χ2v) is 9.19. The summed E-state index contributed by atoms with van der Waals surface area (Å²) in [4.78, 5) is 26.2. The number of furan rings is 1. The van der Waals surface area contributed by atoms with Crippen molar-refractivity contribution in [1.29, 1.82) is 5.26 Å². The Morgan fingerprint density at radius 1 is 1.10 bits per heavy atom. The Kier molecular flexibility index (Phi) is 8.97. The summed E-state index contributed by atoms with van der Waals surface area (Å²) in [6.45, 7) is 1.88. The van der Waals surface area contributed by atoms with Gasteiger partial charge in [-0.1, -0.05) is 42.1 Å². The number of nitrogens with one attached hydrogen (secondary N) is 2. The Balaban J connectivity index is 1.69. The van der Waals surface area contributed by atoms with Crippen molar-refractivity contribution in [2.45, 2.75) is 12.8 Å². The minimum Gasteiger partial charge on any atom is -0.497 e. The normalized spacial score (nSPS) is 14.8. The van der Waals surface area contributed by atoms with Gasteiger partial charge in [0.2, 0.25) is 5.91 Å². The monoisotopic (exact) mass is 545 g/mol. The lowest BCUT2D eigenvalue weighted by Gasteiger charge is -2.29. The van der Waals surface area contributed by atoms with Gasteiger partial charge in [0.1, 0.15) is 17.3 Å². The predicted octanol–water partition coefficient (Wildman–Crippen LogP) is 5.07. The number of anilines is 1. The Labute approximate surface area is 230 Å². The Morgan fingerprint density at radius 3 is 2.54 bits per heavy atom. The van der Waals surface area contributed by atoms with Gasteiger partial charge < -0.3 is 29.3 Å². The van der Waals surface area contributed by atoms with E-state index in [2.05, 4.69) is 16.7 Å². The fourth-order valence-corrected chi connectivity index (χ4v) is 4.98. The van der Waals surface area contributed by atoms with Gasteiger partial charge in [-0.25, -0.2) is 4.79 Å². The highest BCUT2D eigenvalue weighted by atomic mass is 32.2. The molecule has 2 heterocycles. The average Bonchev–Trinajstić information content (AvgIpc) is 3.50. The molecule has 1 aromatic heterocycles. The molecule has 1 aliphatic heterocycles. The number of rotatable bonds is 10. The Morgan fingerprint density at radius 2 is 1.90 bits per heavy atom. The van der Waals surface area contributed by atoms with Gasteiger partial charge in [-0.3, -0.25) is 4.79 Å². The second-order valence-electron chi connectivity index (χ2n) is 8.21. The predicted molar refractivity (Wildman–Crippen MR) is 148 cm³/mol. The molecule has 1 atom stereocenters. The van der Waals surface area contributed by atoms with Gasteiger partial charge in [0.25, 0.3) is 0 Å². The van der Waals surface area contributed by atoms with Crippen molar-refractivity contribution >= 4 is 35.0 Å². The minimum absolute atomic E-state index is 0.0322. The molecule has 0 radical (unpaired) electrons. The standard InChI is InChI=1S/C29H27N3O6S/c1-4-37-29(34)26-25(23-11-8-14-38-23)20(16-30)28(32-27(26)18-9-6-5-7-10-18)39-17-24(33)31-21-15-19(35-2)12-13-22(21)36-3/h5-15,25,32H,4,17H2,1-3H3,(H,31,33)/t25-/m0/s1. The summed E-state index contributed by atoms with van der Waals surface area (Å²) in [5, 5.41) is 16.7. The molecule has 0 fully saturated rings. The summed E-state index contributed by atoms with van der Waals surface area (Å²) in [7, 11) is 3.04. The third kappa shape index (κ3) is 6.10. The van der Waals surface area contributed by atoms with E-state index in [4.69, 9.17) is 18.6 Å². The molecule has 2 N–H and O–H groups in total. The first-order chi connectivity index (χ1) is 19.0. The lowest BCUT2D eigenvalue weighted by atomic mass is 9.84. The molecule has 0 saturated heterocycles. The fraction of sp³-hybridized carbons (Fsp3) is 0.207. The summed E-state index contributed by atoms with van der Waals surface area (Å²) in [6, 6.07) is 20.0. The zero-order valence-corrected chi connectivity index (χ0v) is 22.5. The minimum atomic E-state index is -0.829. The van der Waals surface area contributed by atoms with Crippen molar-refractivity contribution in [3.63, 3.8) is 0 Å². The molecular weight excluding hydrogens is 518 g/mol. The molecule has 0 unspecified atom stereocenters. The van der Waals surface area contributed by atoms with Crippen LogP contribution in [0.3, 0.4) is 0 Å². The highest BCUT2D eigenvalue weighted by Gasteiger charge is 2.39. The zero-order chi connectivity index (χ0) is 27.8. The van der Waals surface area contributed by atoms with Crippen LogP contribution in [0.1, 0.15) is 24.2 Å². The number of allylic oxidation sites excluding steroid dienone is 1. The fourth-order valence-electron chi connectivity index (χ4n) is 4.13. The zero-order valence-electron chi connectivity index (χ0n) is 21.6. The molecule has 1 aliphatic rings. The first kappa shape index (κ1) is 27.4. The number of nitrogens with zero attached hydrogens (tertiary/aromatic N) is 1. The number of methoxy groups -OCH3 is 2. The number of thioether (sulfide) groups is 1. The first-order valence-electron chi connectivity index (χ1n) is 12.1. The number of carbonyl (C=O) groups excluding carboxylic acids is 2. The van der Waals surface area contributed by atoms with Gasteiger partial charge in [-0.15, -0.1) is 0 Å². The quantitative estimate of drug-likeness (QED) is 0.336. The molecular formula is C29H27N3O6S. The van der Waals surface area contributed by atoms with Crippen molar-refractivity contribution in [3.05, 3.63) is 94.4 Å². The van der Waals surface area contributed by atoms with Crippen LogP contribution in [0.15, 0.2) is 87.5 Å². The van der Waals surface area contributed by atoms with Gasteiger partial charge in [-0.05, 0) is 36.8 Å². The molecule has 39 heavy (non-hydrogen) atoms. The van der Waals surface area contributed by atoms with E-state index in [1.807, 2.05) is 30.3 Å². The molecule has 200 valence electrons. The van der Waals surface area contributed by atoms with Gasteiger partial charge in [0.05, 0.1) is 72.4 Å². The molecule has 0 bridgehead atoms. The van der Waals surface area contributed by atoms with E-state index in [9.17, 15) is 14.9 Å².